The molecule has 1 aliphatic carbocycles. The predicted octanol–water partition coefficient (Wildman–Crippen LogP) is 4.66. The lowest BCUT2D eigenvalue weighted by molar-refractivity contribution is 0.0771. The maximum atomic E-state index is 4.88. The zero-order chi connectivity index (χ0) is 20.9. The Bertz CT molecular complexity index is 953. The smallest absolute Gasteiger partial charge is 0.135 e. The van der Waals surface area contributed by atoms with Gasteiger partial charge in [-0.1, -0.05) is 31.4 Å². The highest BCUT2D eigenvalue weighted by molar-refractivity contribution is 5.73. The summed E-state index contributed by atoms with van der Waals surface area (Å²) in [4.78, 5) is 9.73. The van der Waals surface area contributed by atoms with E-state index in [4.69, 9.17) is 4.63 Å². The molecule has 3 heterocycles. The Morgan fingerprint density at radius 3 is 2.68 bits per heavy atom. The van der Waals surface area contributed by atoms with Crippen LogP contribution in [-0.4, -0.2) is 50.8 Å². The molecule has 1 saturated heterocycles. The van der Waals surface area contributed by atoms with Crippen LogP contribution in [0.1, 0.15) is 56.1 Å². The second kappa shape index (κ2) is 9.88. The van der Waals surface area contributed by atoms with Gasteiger partial charge in [0.15, 0.2) is 0 Å². The number of piperidine rings is 1. The molecular weight excluding hydrogens is 386 g/mol. The lowest BCUT2D eigenvalue weighted by Gasteiger charge is -2.41. The number of likely N-dealkylation sites (tertiary alicyclic amines) is 1. The highest BCUT2D eigenvalue weighted by Gasteiger charge is 2.28. The molecule has 3 aromatic rings. The molecule has 164 valence electrons. The van der Waals surface area contributed by atoms with Crippen LogP contribution in [0, 0.1) is 5.92 Å². The van der Waals surface area contributed by atoms with E-state index in [-0.39, 0.29) is 0 Å². The van der Waals surface area contributed by atoms with E-state index < -0.39 is 0 Å². The number of rotatable bonds is 7. The van der Waals surface area contributed by atoms with Crippen LogP contribution in [0.3, 0.4) is 0 Å². The van der Waals surface area contributed by atoms with E-state index >= 15 is 0 Å². The SMILES string of the molecule is c1cncc(CN(Cc2ccc3nonc3c2)C[C@H]2CCCN(C3CCCCC3)C2)c1. The molecule has 31 heavy (non-hydrogen) atoms. The lowest BCUT2D eigenvalue weighted by Crippen LogP contribution is -2.46. The number of nitrogens with zero attached hydrogens (tertiary/aromatic N) is 5. The molecule has 1 aliphatic heterocycles. The summed E-state index contributed by atoms with van der Waals surface area (Å²) in [5.74, 6) is 0.727. The first-order chi connectivity index (χ1) is 15.3. The Labute approximate surface area is 184 Å². The molecule has 0 unspecified atom stereocenters. The van der Waals surface area contributed by atoms with Gasteiger partial charge in [-0.05, 0) is 77.8 Å². The van der Waals surface area contributed by atoms with Crippen molar-refractivity contribution in [1.29, 1.82) is 0 Å². The van der Waals surface area contributed by atoms with Gasteiger partial charge >= 0.3 is 0 Å². The number of aromatic nitrogens is 3. The van der Waals surface area contributed by atoms with Gasteiger partial charge < -0.3 is 4.90 Å². The Hall–Kier alpha value is -2.31. The van der Waals surface area contributed by atoms with E-state index in [1.165, 1.54) is 69.2 Å². The van der Waals surface area contributed by atoms with Crippen molar-refractivity contribution in [3.63, 3.8) is 0 Å². The predicted molar refractivity (Wildman–Crippen MR) is 121 cm³/mol. The molecule has 0 bridgehead atoms. The molecule has 2 aromatic heterocycles. The maximum absolute atomic E-state index is 4.88. The van der Waals surface area contributed by atoms with Crippen molar-refractivity contribution in [2.45, 2.75) is 64.1 Å². The van der Waals surface area contributed by atoms with Crippen molar-refractivity contribution in [2.75, 3.05) is 19.6 Å². The summed E-state index contributed by atoms with van der Waals surface area (Å²) in [5.41, 5.74) is 4.18. The summed E-state index contributed by atoms with van der Waals surface area (Å²) < 4.78 is 4.88. The van der Waals surface area contributed by atoms with Crippen LogP contribution in [0.4, 0.5) is 0 Å². The number of fused-ring (bicyclic) bond motifs is 1. The Morgan fingerprint density at radius 2 is 1.81 bits per heavy atom. The first kappa shape index (κ1) is 20.6. The van der Waals surface area contributed by atoms with Gasteiger partial charge in [0, 0.05) is 44.6 Å². The molecule has 6 nitrogen and oxygen atoms in total. The number of hydrogen-bond donors (Lipinski definition) is 0. The van der Waals surface area contributed by atoms with Crippen molar-refractivity contribution in [1.82, 2.24) is 25.1 Å². The molecule has 0 radical (unpaired) electrons. The first-order valence-electron chi connectivity index (χ1n) is 11.9. The van der Waals surface area contributed by atoms with Gasteiger partial charge in [-0.25, -0.2) is 4.63 Å². The van der Waals surface area contributed by atoms with Crippen molar-refractivity contribution in [2.24, 2.45) is 5.92 Å². The van der Waals surface area contributed by atoms with Crippen molar-refractivity contribution in [3.8, 4) is 0 Å². The third-order valence-corrected chi connectivity index (χ3v) is 7.01. The van der Waals surface area contributed by atoms with Crippen LogP contribution in [0.5, 0.6) is 0 Å². The molecule has 6 heteroatoms. The maximum Gasteiger partial charge on any atom is 0.135 e. The number of pyridine rings is 1. The van der Waals surface area contributed by atoms with Gasteiger partial charge in [-0.3, -0.25) is 9.88 Å². The molecule has 1 atom stereocenters. The van der Waals surface area contributed by atoms with E-state index in [0.717, 1.165) is 42.6 Å². The molecule has 0 amide bonds. The molecule has 1 saturated carbocycles. The van der Waals surface area contributed by atoms with E-state index in [1.807, 2.05) is 24.5 Å². The quantitative estimate of drug-likeness (QED) is 0.555. The van der Waals surface area contributed by atoms with Gasteiger partial charge in [-0.2, -0.15) is 0 Å². The number of hydrogen-bond acceptors (Lipinski definition) is 6. The summed E-state index contributed by atoms with van der Waals surface area (Å²) >= 11 is 0. The Balaban J connectivity index is 1.28. The minimum Gasteiger partial charge on any atom is -0.300 e. The molecule has 2 fully saturated rings. The van der Waals surface area contributed by atoms with E-state index in [0.29, 0.717) is 0 Å². The summed E-state index contributed by atoms with van der Waals surface area (Å²) in [6.07, 6.45) is 13.6. The molecular formula is C25H33N5O. The van der Waals surface area contributed by atoms with Crippen LogP contribution in [0.2, 0.25) is 0 Å². The minimum atomic E-state index is 0.727. The Kier molecular flexibility index (Phi) is 6.56. The van der Waals surface area contributed by atoms with E-state index in [1.54, 1.807) is 0 Å². The highest BCUT2D eigenvalue weighted by Crippen LogP contribution is 2.28. The largest absolute Gasteiger partial charge is 0.300 e. The normalized spacial score (nSPS) is 21.1. The van der Waals surface area contributed by atoms with Crippen molar-refractivity contribution < 1.29 is 4.63 Å². The fraction of sp³-hybridized carbons (Fsp3) is 0.560. The lowest BCUT2D eigenvalue weighted by atomic mass is 9.90. The van der Waals surface area contributed by atoms with Gasteiger partial charge in [0.2, 0.25) is 0 Å². The zero-order valence-corrected chi connectivity index (χ0v) is 18.3. The second-order valence-corrected chi connectivity index (χ2v) is 9.41. The summed E-state index contributed by atoms with van der Waals surface area (Å²) in [7, 11) is 0. The summed E-state index contributed by atoms with van der Waals surface area (Å²) in [5, 5.41) is 7.97. The highest BCUT2D eigenvalue weighted by atomic mass is 16.6. The molecule has 2 aliphatic rings. The zero-order valence-electron chi connectivity index (χ0n) is 18.3. The topological polar surface area (TPSA) is 58.3 Å². The van der Waals surface area contributed by atoms with Gasteiger partial charge in [0.25, 0.3) is 0 Å². The summed E-state index contributed by atoms with van der Waals surface area (Å²) in [6, 6.07) is 11.3. The Morgan fingerprint density at radius 1 is 0.935 bits per heavy atom. The molecule has 0 N–H and O–H groups in total. The standard InChI is InChI=1S/C25H33N5O/c1-2-8-23(9-3-1)30-13-5-7-22(19-30)18-29(17-21-6-4-12-26-15-21)16-20-10-11-24-25(14-20)28-31-27-24/h4,6,10-12,14-15,22-23H,1-3,5,7-9,13,16-19H2/t22-/m1/s1. The van der Waals surface area contributed by atoms with Crippen LogP contribution in [0.25, 0.3) is 11.0 Å². The van der Waals surface area contributed by atoms with E-state index in [2.05, 4.69) is 43.3 Å². The van der Waals surface area contributed by atoms with E-state index in [9.17, 15) is 0 Å². The average Bonchev–Trinajstić information content (AvgIpc) is 3.28. The van der Waals surface area contributed by atoms with Gasteiger partial charge in [0.05, 0.1) is 0 Å². The van der Waals surface area contributed by atoms with Gasteiger partial charge in [-0.15, -0.1) is 0 Å². The fourth-order valence-corrected chi connectivity index (χ4v) is 5.51. The monoisotopic (exact) mass is 419 g/mol. The third-order valence-electron chi connectivity index (χ3n) is 7.01. The molecule has 1 aromatic carbocycles. The second-order valence-electron chi connectivity index (χ2n) is 9.41. The summed E-state index contributed by atoms with van der Waals surface area (Å²) in [6.45, 7) is 5.48. The fourth-order valence-electron chi connectivity index (χ4n) is 5.51. The van der Waals surface area contributed by atoms with Crippen molar-refractivity contribution >= 4 is 11.0 Å². The molecule has 5 rings (SSSR count). The van der Waals surface area contributed by atoms with Crippen LogP contribution in [0.15, 0.2) is 47.4 Å². The van der Waals surface area contributed by atoms with Gasteiger partial charge in [0.1, 0.15) is 11.0 Å². The third kappa shape index (κ3) is 5.31. The molecule has 0 spiro atoms. The van der Waals surface area contributed by atoms with Crippen LogP contribution >= 0.6 is 0 Å². The minimum absolute atomic E-state index is 0.727. The van der Waals surface area contributed by atoms with Crippen LogP contribution in [-0.2, 0) is 13.1 Å². The number of benzene rings is 1. The average molecular weight is 420 g/mol. The van der Waals surface area contributed by atoms with Crippen molar-refractivity contribution in [3.05, 3.63) is 53.9 Å². The van der Waals surface area contributed by atoms with Crippen LogP contribution < -0.4 is 0 Å². The first-order valence-corrected chi connectivity index (χ1v) is 11.9.